The van der Waals surface area contributed by atoms with Crippen LogP contribution in [0, 0.1) is 11.7 Å². The molecule has 0 fully saturated rings. The van der Waals surface area contributed by atoms with E-state index in [-0.39, 0.29) is 33.7 Å². The molecule has 0 aliphatic heterocycles. The number of hydrogen-bond donors (Lipinski definition) is 2. The minimum absolute atomic E-state index is 0.0174. The van der Waals surface area contributed by atoms with Gasteiger partial charge in [-0.1, -0.05) is 17.7 Å². The maximum Gasteiger partial charge on any atom is 0.435 e. The molecule has 8 nitrogen and oxygen atoms in total. The van der Waals surface area contributed by atoms with Gasteiger partial charge in [0.25, 0.3) is 11.8 Å². The molecule has 3 aromatic rings. The number of aromatic nitrogens is 2. The standard InChI is InChI=1S/C22H20ClF3N4O4S/c1-4-33-16-9-8-13(23)10-17(16)34-21-18(12(2)19(29-30-21)22(24,25)26)20(31)28-14-6-5-7-15(11-14)35(3,27)32/h5-11,27H,4H2,1-3H3,(H,28,31). The lowest BCUT2D eigenvalue weighted by molar-refractivity contribution is -0.142. The molecule has 0 aliphatic carbocycles. The lowest BCUT2D eigenvalue weighted by Gasteiger charge is -2.17. The van der Waals surface area contributed by atoms with Crippen LogP contribution in [0.3, 0.4) is 0 Å². The van der Waals surface area contributed by atoms with Gasteiger partial charge in [0.05, 0.1) is 16.3 Å². The molecule has 1 aromatic heterocycles. The van der Waals surface area contributed by atoms with Gasteiger partial charge in [-0.25, -0.2) is 8.99 Å². The van der Waals surface area contributed by atoms with E-state index in [1.807, 2.05) is 0 Å². The summed E-state index contributed by atoms with van der Waals surface area (Å²) < 4.78 is 71.4. The van der Waals surface area contributed by atoms with Crippen LogP contribution in [-0.4, -0.2) is 33.2 Å². The summed E-state index contributed by atoms with van der Waals surface area (Å²) in [6.45, 7) is 3.05. The zero-order valence-electron chi connectivity index (χ0n) is 18.7. The van der Waals surface area contributed by atoms with E-state index in [2.05, 4.69) is 15.5 Å². The van der Waals surface area contributed by atoms with Crippen LogP contribution in [0.5, 0.6) is 17.4 Å². The summed E-state index contributed by atoms with van der Waals surface area (Å²) in [5.41, 5.74) is -2.29. The molecule has 0 saturated carbocycles. The lowest BCUT2D eigenvalue weighted by atomic mass is 10.1. The first kappa shape index (κ1) is 26.2. The van der Waals surface area contributed by atoms with Crippen molar-refractivity contribution in [3.8, 4) is 17.4 Å². The molecule has 35 heavy (non-hydrogen) atoms. The average Bonchev–Trinajstić information content (AvgIpc) is 2.74. The van der Waals surface area contributed by atoms with E-state index in [1.165, 1.54) is 48.7 Å². The molecule has 186 valence electrons. The second-order valence-corrected chi connectivity index (χ2v) is 9.90. The molecule has 0 spiro atoms. The monoisotopic (exact) mass is 528 g/mol. The number of alkyl halides is 3. The summed E-state index contributed by atoms with van der Waals surface area (Å²) in [6, 6.07) is 10.0. The summed E-state index contributed by atoms with van der Waals surface area (Å²) in [7, 11) is -3.10. The van der Waals surface area contributed by atoms with Crippen LogP contribution < -0.4 is 14.8 Å². The highest BCUT2D eigenvalue weighted by Crippen LogP contribution is 2.38. The number of nitrogens with zero attached hydrogens (tertiary/aromatic N) is 2. The van der Waals surface area contributed by atoms with Gasteiger partial charge in [-0.05, 0) is 49.7 Å². The number of hydrogen-bond acceptors (Lipinski definition) is 7. The predicted octanol–water partition coefficient (Wildman–Crippen LogP) is 5.94. The van der Waals surface area contributed by atoms with E-state index >= 15 is 0 Å². The number of carbonyl (C=O) groups excluding carboxylic acids is 1. The van der Waals surface area contributed by atoms with Crippen LogP contribution in [0.4, 0.5) is 18.9 Å². The van der Waals surface area contributed by atoms with Gasteiger partial charge in [0.2, 0.25) is 0 Å². The minimum Gasteiger partial charge on any atom is -0.490 e. The second kappa shape index (κ2) is 10.1. The lowest BCUT2D eigenvalue weighted by Crippen LogP contribution is -2.21. The Balaban J connectivity index is 2.10. The van der Waals surface area contributed by atoms with Crippen molar-refractivity contribution in [1.29, 1.82) is 4.78 Å². The number of ether oxygens (including phenoxy) is 2. The molecule has 1 atom stereocenters. The molecule has 2 aromatic carbocycles. The Labute approximate surface area is 204 Å². The summed E-state index contributed by atoms with van der Waals surface area (Å²) >= 11 is 6.02. The predicted molar refractivity (Wildman–Crippen MR) is 124 cm³/mol. The normalized spacial score (nSPS) is 13.1. The Morgan fingerprint density at radius 2 is 1.89 bits per heavy atom. The quantitative estimate of drug-likeness (QED) is 0.392. The van der Waals surface area contributed by atoms with E-state index in [4.69, 9.17) is 25.9 Å². The average molecular weight is 529 g/mol. The third kappa shape index (κ3) is 6.20. The zero-order chi connectivity index (χ0) is 26.0. The number of nitrogens with one attached hydrogen (secondary N) is 2. The summed E-state index contributed by atoms with van der Waals surface area (Å²) in [6.07, 6.45) is -3.68. The molecule has 13 heteroatoms. The Morgan fingerprint density at radius 1 is 1.17 bits per heavy atom. The summed E-state index contributed by atoms with van der Waals surface area (Å²) in [4.78, 5) is 13.3. The van der Waals surface area contributed by atoms with Crippen LogP contribution in [0.15, 0.2) is 47.4 Å². The largest absolute Gasteiger partial charge is 0.490 e. The van der Waals surface area contributed by atoms with Gasteiger partial charge in [-0.15, -0.1) is 10.2 Å². The van der Waals surface area contributed by atoms with Gasteiger partial charge in [-0.3, -0.25) is 4.79 Å². The molecule has 0 aliphatic rings. The number of anilines is 1. The van der Waals surface area contributed by atoms with Crippen molar-refractivity contribution in [2.45, 2.75) is 24.9 Å². The Bertz CT molecular complexity index is 1380. The maximum absolute atomic E-state index is 13.5. The number of halogens is 4. The summed E-state index contributed by atoms with van der Waals surface area (Å²) in [5, 5.41) is 9.45. The molecule has 2 N–H and O–H groups in total. The fourth-order valence-corrected chi connectivity index (χ4v) is 3.91. The fourth-order valence-electron chi connectivity index (χ4n) is 3.06. The van der Waals surface area contributed by atoms with Crippen molar-refractivity contribution < 1.29 is 31.6 Å². The Hall–Kier alpha value is -3.38. The third-order valence-corrected chi connectivity index (χ3v) is 6.02. The summed E-state index contributed by atoms with van der Waals surface area (Å²) in [5.74, 6) is -1.25. The van der Waals surface area contributed by atoms with E-state index in [0.29, 0.717) is 0 Å². The highest BCUT2D eigenvalue weighted by atomic mass is 35.5. The van der Waals surface area contributed by atoms with Crippen molar-refractivity contribution >= 4 is 32.9 Å². The van der Waals surface area contributed by atoms with Crippen molar-refractivity contribution in [3.63, 3.8) is 0 Å². The first-order valence-electron chi connectivity index (χ1n) is 10.0. The van der Waals surface area contributed by atoms with Crippen LogP contribution in [-0.2, 0) is 15.9 Å². The topological polar surface area (TPSA) is 114 Å². The molecule has 1 heterocycles. The third-order valence-electron chi connectivity index (χ3n) is 4.63. The van der Waals surface area contributed by atoms with E-state index in [1.54, 1.807) is 6.92 Å². The van der Waals surface area contributed by atoms with Gasteiger partial charge in [-0.2, -0.15) is 13.2 Å². The van der Waals surface area contributed by atoms with Gasteiger partial charge in [0.1, 0.15) is 5.56 Å². The minimum atomic E-state index is -4.88. The highest BCUT2D eigenvalue weighted by Gasteiger charge is 2.38. The van der Waals surface area contributed by atoms with Crippen molar-refractivity contribution in [1.82, 2.24) is 10.2 Å². The number of carbonyl (C=O) groups is 1. The van der Waals surface area contributed by atoms with Gasteiger partial charge in [0, 0.05) is 27.9 Å². The van der Waals surface area contributed by atoms with Crippen LogP contribution >= 0.6 is 11.6 Å². The SMILES string of the molecule is CCOc1ccc(Cl)cc1Oc1nnc(C(F)(F)F)c(C)c1C(=O)Nc1cccc(S(C)(=N)=O)c1. The Kier molecular flexibility index (Phi) is 7.56. The molecule has 0 bridgehead atoms. The van der Waals surface area contributed by atoms with Crippen molar-refractivity contribution in [2.24, 2.45) is 0 Å². The fraction of sp³-hybridized carbons (Fsp3) is 0.227. The van der Waals surface area contributed by atoms with Gasteiger partial charge < -0.3 is 14.8 Å². The van der Waals surface area contributed by atoms with Crippen molar-refractivity contribution in [2.75, 3.05) is 18.2 Å². The molecule has 1 unspecified atom stereocenters. The van der Waals surface area contributed by atoms with E-state index < -0.39 is 44.5 Å². The molecule has 3 rings (SSSR count). The molecular formula is C22H20ClF3N4O4S. The molecule has 0 saturated heterocycles. The molecule has 1 amide bonds. The highest BCUT2D eigenvalue weighted by molar-refractivity contribution is 7.91. The number of amides is 1. The first-order chi connectivity index (χ1) is 16.3. The van der Waals surface area contributed by atoms with Crippen molar-refractivity contribution in [3.05, 3.63) is 64.3 Å². The van der Waals surface area contributed by atoms with Crippen LogP contribution in [0.25, 0.3) is 0 Å². The number of rotatable bonds is 7. The Morgan fingerprint density at radius 3 is 2.51 bits per heavy atom. The smallest absolute Gasteiger partial charge is 0.435 e. The van der Waals surface area contributed by atoms with E-state index in [0.717, 1.165) is 6.92 Å². The van der Waals surface area contributed by atoms with E-state index in [9.17, 15) is 22.2 Å². The van der Waals surface area contributed by atoms with Crippen LogP contribution in [0.2, 0.25) is 5.02 Å². The van der Waals surface area contributed by atoms with Crippen LogP contribution in [0.1, 0.15) is 28.5 Å². The molecular weight excluding hydrogens is 509 g/mol. The van der Waals surface area contributed by atoms with Gasteiger partial charge >= 0.3 is 6.18 Å². The molecule has 0 radical (unpaired) electrons. The second-order valence-electron chi connectivity index (χ2n) is 7.30. The number of benzene rings is 2. The first-order valence-corrected chi connectivity index (χ1v) is 12.4. The maximum atomic E-state index is 13.5. The zero-order valence-corrected chi connectivity index (χ0v) is 20.3. The van der Waals surface area contributed by atoms with Gasteiger partial charge in [0.15, 0.2) is 17.2 Å².